The fourth-order valence-corrected chi connectivity index (χ4v) is 3.09. The highest BCUT2D eigenvalue weighted by Crippen LogP contribution is 2.19. The summed E-state index contributed by atoms with van der Waals surface area (Å²) in [5.74, 6) is -0.329. The molecular formula is C22H29N3O2. The second-order valence-electron chi connectivity index (χ2n) is 6.39. The first-order valence-electron chi connectivity index (χ1n) is 9.50. The molecule has 0 aliphatic carbocycles. The van der Waals surface area contributed by atoms with Crippen LogP contribution >= 0.6 is 0 Å². The van der Waals surface area contributed by atoms with Gasteiger partial charge in [0.05, 0.1) is 19.0 Å². The van der Waals surface area contributed by atoms with Gasteiger partial charge in [0.1, 0.15) is 0 Å². The van der Waals surface area contributed by atoms with Crippen LogP contribution in [0.4, 0.5) is 0 Å². The molecule has 5 heteroatoms. The minimum Gasteiger partial charge on any atom is -0.353 e. The number of carbonyl (C=O) groups excluding carboxylic acids is 2. The van der Waals surface area contributed by atoms with Crippen LogP contribution in [0.5, 0.6) is 0 Å². The number of rotatable bonds is 10. The topological polar surface area (TPSA) is 61.4 Å². The van der Waals surface area contributed by atoms with Gasteiger partial charge in [0.25, 0.3) is 0 Å². The Morgan fingerprint density at radius 1 is 0.852 bits per heavy atom. The summed E-state index contributed by atoms with van der Waals surface area (Å²) in [7, 11) is 0. The molecule has 1 atom stereocenters. The largest absolute Gasteiger partial charge is 0.353 e. The lowest BCUT2D eigenvalue weighted by Gasteiger charge is -2.30. The first-order chi connectivity index (χ1) is 13.1. The van der Waals surface area contributed by atoms with Crippen LogP contribution in [-0.2, 0) is 16.0 Å². The fraction of sp³-hybridized carbons (Fsp3) is 0.364. The van der Waals surface area contributed by atoms with Gasteiger partial charge in [-0.2, -0.15) is 0 Å². The highest BCUT2D eigenvalue weighted by molar-refractivity contribution is 5.85. The van der Waals surface area contributed by atoms with Crippen LogP contribution in [0.2, 0.25) is 0 Å². The molecule has 0 aliphatic rings. The quantitative estimate of drug-likeness (QED) is 0.678. The molecule has 27 heavy (non-hydrogen) atoms. The van der Waals surface area contributed by atoms with Crippen LogP contribution in [0.1, 0.15) is 31.0 Å². The highest BCUT2D eigenvalue weighted by Gasteiger charge is 2.18. The van der Waals surface area contributed by atoms with Crippen molar-refractivity contribution in [2.45, 2.75) is 26.3 Å². The second-order valence-corrected chi connectivity index (χ2v) is 6.39. The van der Waals surface area contributed by atoms with E-state index >= 15 is 0 Å². The van der Waals surface area contributed by atoms with Crippen molar-refractivity contribution in [1.29, 1.82) is 0 Å². The molecule has 0 saturated carbocycles. The van der Waals surface area contributed by atoms with Crippen molar-refractivity contribution in [2.24, 2.45) is 0 Å². The lowest BCUT2D eigenvalue weighted by atomic mass is 10.1. The second kappa shape index (κ2) is 11.1. The molecule has 0 bridgehead atoms. The van der Waals surface area contributed by atoms with Crippen molar-refractivity contribution in [3.63, 3.8) is 0 Å². The molecular weight excluding hydrogens is 338 g/mol. The molecule has 0 heterocycles. The monoisotopic (exact) mass is 367 g/mol. The first-order valence-corrected chi connectivity index (χ1v) is 9.50. The Balaban J connectivity index is 1.83. The maximum Gasteiger partial charge on any atom is 0.239 e. The third kappa shape index (κ3) is 6.87. The van der Waals surface area contributed by atoms with E-state index in [-0.39, 0.29) is 30.8 Å². The third-order valence-corrected chi connectivity index (χ3v) is 4.58. The van der Waals surface area contributed by atoms with Crippen molar-refractivity contribution in [3.8, 4) is 0 Å². The van der Waals surface area contributed by atoms with E-state index in [1.807, 2.05) is 48.5 Å². The molecule has 2 rings (SSSR count). The lowest BCUT2D eigenvalue weighted by molar-refractivity contribution is -0.125. The molecule has 5 nitrogen and oxygen atoms in total. The van der Waals surface area contributed by atoms with Crippen LogP contribution in [0.3, 0.4) is 0 Å². The number of likely N-dealkylation sites (N-methyl/N-ethyl adjacent to an activating group) is 1. The molecule has 0 aliphatic heterocycles. The van der Waals surface area contributed by atoms with E-state index in [1.165, 1.54) is 5.56 Å². The number of nitrogens with zero attached hydrogens (tertiary/aromatic N) is 1. The summed E-state index contributed by atoms with van der Waals surface area (Å²) in [6.45, 7) is 6.54. The zero-order valence-corrected chi connectivity index (χ0v) is 16.2. The Kier molecular flexibility index (Phi) is 8.52. The Hall–Kier alpha value is -2.66. The van der Waals surface area contributed by atoms with E-state index in [2.05, 4.69) is 41.5 Å². The average molecular weight is 367 g/mol. The molecule has 144 valence electrons. The number of carbonyl (C=O) groups is 2. The Bertz CT molecular complexity index is 700. The molecule has 2 amide bonds. The van der Waals surface area contributed by atoms with Crippen LogP contribution in [0, 0.1) is 0 Å². The number of hydrogen-bond acceptors (Lipinski definition) is 3. The molecule has 1 unspecified atom stereocenters. The van der Waals surface area contributed by atoms with Gasteiger partial charge in [0.15, 0.2) is 0 Å². The van der Waals surface area contributed by atoms with Crippen molar-refractivity contribution in [3.05, 3.63) is 71.8 Å². The Morgan fingerprint density at radius 2 is 1.44 bits per heavy atom. The molecule has 2 aromatic rings. The number of nitrogens with one attached hydrogen (secondary N) is 2. The molecule has 0 aromatic heterocycles. The molecule has 0 saturated heterocycles. The van der Waals surface area contributed by atoms with Gasteiger partial charge in [0.2, 0.25) is 11.8 Å². The number of hydrogen-bond donors (Lipinski definition) is 2. The van der Waals surface area contributed by atoms with E-state index in [4.69, 9.17) is 0 Å². The normalized spacial score (nSPS) is 11.8. The fourth-order valence-electron chi connectivity index (χ4n) is 3.09. The van der Waals surface area contributed by atoms with E-state index in [0.29, 0.717) is 6.54 Å². The molecule has 2 N–H and O–H groups in total. The van der Waals surface area contributed by atoms with E-state index < -0.39 is 0 Å². The smallest absolute Gasteiger partial charge is 0.239 e. The standard InChI is InChI=1S/C22H29N3O2/c1-3-25(4-2)20(19-13-9-6-10-14-19)16-23-22(27)17-24-21(26)15-18-11-7-5-8-12-18/h5-14,20H,3-4,15-17H2,1-2H3,(H,23,27)(H,24,26). The minimum absolute atomic E-state index is 0.00851. The maximum absolute atomic E-state index is 12.2. The van der Waals surface area contributed by atoms with Gasteiger partial charge in [-0.3, -0.25) is 14.5 Å². The minimum atomic E-state index is -0.176. The summed E-state index contributed by atoms with van der Waals surface area (Å²) in [5, 5.41) is 5.64. The van der Waals surface area contributed by atoms with Crippen LogP contribution in [0.25, 0.3) is 0 Å². The van der Waals surface area contributed by atoms with E-state index in [1.54, 1.807) is 0 Å². The summed E-state index contributed by atoms with van der Waals surface area (Å²) in [6, 6.07) is 19.8. The van der Waals surface area contributed by atoms with E-state index in [9.17, 15) is 9.59 Å². The summed E-state index contributed by atoms with van der Waals surface area (Å²) in [6.07, 6.45) is 0.278. The van der Waals surface area contributed by atoms with Gasteiger partial charge in [-0.25, -0.2) is 0 Å². The predicted octanol–water partition coefficient (Wildman–Crippen LogP) is 2.54. The van der Waals surface area contributed by atoms with Gasteiger partial charge in [-0.05, 0) is 24.2 Å². The Morgan fingerprint density at radius 3 is 2.04 bits per heavy atom. The van der Waals surface area contributed by atoms with Crippen molar-refractivity contribution in [1.82, 2.24) is 15.5 Å². The van der Waals surface area contributed by atoms with Crippen LogP contribution in [0.15, 0.2) is 60.7 Å². The first kappa shape index (κ1) is 20.6. The summed E-state index contributed by atoms with van der Waals surface area (Å²) in [5.41, 5.74) is 2.11. The predicted molar refractivity (Wildman–Crippen MR) is 108 cm³/mol. The van der Waals surface area contributed by atoms with Gasteiger partial charge in [-0.15, -0.1) is 0 Å². The highest BCUT2D eigenvalue weighted by atomic mass is 16.2. The van der Waals surface area contributed by atoms with Crippen LogP contribution < -0.4 is 10.6 Å². The van der Waals surface area contributed by atoms with Crippen molar-refractivity contribution >= 4 is 11.8 Å². The SMILES string of the molecule is CCN(CC)C(CNC(=O)CNC(=O)Cc1ccccc1)c1ccccc1. The summed E-state index contributed by atoms with van der Waals surface area (Å²) >= 11 is 0. The summed E-state index contributed by atoms with van der Waals surface area (Å²) < 4.78 is 0. The van der Waals surface area contributed by atoms with Crippen molar-refractivity contribution in [2.75, 3.05) is 26.2 Å². The van der Waals surface area contributed by atoms with Crippen LogP contribution in [-0.4, -0.2) is 42.9 Å². The average Bonchev–Trinajstić information content (AvgIpc) is 2.71. The van der Waals surface area contributed by atoms with E-state index in [0.717, 1.165) is 18.7 Å². The van der Waals surface area contributed by atoms with Gasteiger partial charge in [0, 0.05) is 6.54 Å². The summed E-state index contributed by atoms with van der Waals surface area (Å²) in [4.78, 5) is 26.5. The van der Waals surface area contributed by atoms with Crippen molar-refractivity contribution < 1.29 is 9.59 Å². The third-order valence-electron chi connectivity index (χ3n) is 4.58. The number of amides is 2. The molecule has 2 aromatic carbocycles. The molecule has 0 spiro atoms. The zero-order valence-electron chi connectivity index (χ0n) is 16.2. The van der Waals surface area contributed by atoms with Gasteiger partial charge >= 0.3 is 0 Å². The number of benzene rings is 2. The van der Waals surface area contributed by atoms with Gasteiger partial charge < -0.3 is 10.6 Å². The molecule has 0 fully saturated rings. The van der Waals surface area contributed by atoms with Gasteiger partial charge in [-0.1, -0.05) is 74.5 Å². The Labute approximate surface area is 161 Å². The maximum atomic E-state index is 12.2. The molecule has 0 radical (unpaired) electrons. The lowest BCUT2D eigenvalue weighted by Crippen LogP contribution is -2.42. The zero-order chi connectivity index (χ0) is 19.5.